The molecule has 1 rings (SSSR count). The number of nitrogens with one attached hydrogen (secondary N) is 1. The van der Waals surface area contributed by atoms with Crippen LogP contribution in [-0.2, 0) is 0 Å². The Balaban J connectivity index is 2.55. The van der Waals surface area contributed by atoms with E-state index in [4.69, 9.17) is 0 Å². The van der Waals surface area contributed by atoms with Gasteiger partial charge in [-0.15, -0.1) is 0 Å². The normalized spacial score (nSPS) is 28.4. The van der Waals surface area contributed by atoms with Crippen molar-refractivity contribution in [2.24, 2.45) is 0 Å². The lowest BCUT2D eigenvalue weighted by Gasteiger charge is -2.14. The number of nitrogens with zero attached hydrogens (tertiary/aromatic N) is 1. The minimum atomic E-state index is 0.234. The quantitative estimate of drug-likeness (QED) is 0.479. The van der Waals surface area contributed by atoms with Crippen LogP contribution < -0.4 is 4.90 Å². The van der Waals surface area contributed by atoms with Gasteiger partial charge in [0.2, 0.25) is 0 Å². The van der Waals surface area contributed by atoms with Crippen LogP contribution in [0.5, 0.6) is 0 Å². The summed E-state index contributed by atoms with van der Waals surface area (Å²) in [6.45, 7) is 1.92. The van der Waals surface area contributed by atoms with Crippen molar-refractivity contribution in [1.29, 1.82) is 0 Å². The molecule has 1 fully saturated rings. The van der Waals surface area contributed by atoms with Crippen LogP contribution >= 0.6 is 0 Å². The fraction of sp³-hybridized carbons (Fsp3) is 0.857. The van der Waals surface area contributed by atoms with Gasteiger partial charge in [0, 0.05) is 13.6 Å². The van der Waals surface area contributed by atoms with Crippen LogP contribution in [0.25, 0.3) is 0 Å². The van der Waals surface area contributed by atoms with Gasteiger partial charge in [0.05, 0.1) is 13.6 Å². The zero-order valence-electron chi connectivity index (χ0n) is 6.68. The van der Waals surface area contributed by atoms with Crippen molar-refractivity contribution in [2.45, 2.75) is 12.8 Å². The predicted octanol–water partition coefficient (Wildman–Crippen LogP) is -0.653. The van der Waals surface area contributed by atoms with E-state index < -0.39 is 0 Å². The molecular weight excluding hydrogens is 128 g/mol. The number of amides is 2. The Hall–Kier alpha value is -0.570. The highest BCUT2D eigenvalue weighted by atomic mass is 16.2. The Labute approximate surface area is 61.6 Å². The number of quaternary nitrogens is 1. The molecule has 58 valence electrons. The summed E-state index contributed by atoms with van der Waals surface area (Å²) in [7, 11) is 3.81. The van der Waals surface area contributed by atoms with Gasteiger partial charge in [-0.25, -0.2) is 4.79 Å². The molecule has 2 amide bonds. The van der Waals surface area contributed by atoms with Gasteiger partial charge in [0.25, 0.3) is 0 Å². The second kappa shape index (κ2) is 3.01. The minimum absolute atomic E-state index is 0.234. The van der Waals surface area contributed by atoms with Gasteiger partial charge in [-0.2, -0.15) is 0 Å². The van der Waals surface area contributed by atoms with E-state index in [1.54, 1.807) is 0 Å². The summed E-state index contributed by atoms with van der Waals surface area (Å²) in [5, 5.41) is 0. The van der Waals surface area contributed by atoms with Crippen molar-refractivity contribution in [3.8, 4) is 0 Å². The van der Waals surface area contributed by atoms with Crippen molar-refractivity contribution < 1.29 is 9.69 Å². The summed E-state index contributed by atoms with van der Waals surface area (Å²) in [6, 6.07) is 0.234. The third-order valence-corrected chi connectivity index (χ3v) is 2.01. The van der Waals surface area contributed by atoms with Crippen LogP contribution in [0, 0.1) is 0 Å². The molecule has 0 bridgehead atoms. The van der Waals surface area contributed by atoms with Crippen LogP contribution in [-0.4, -0.2) is 38.1 Å². The monoisotopic (exact) mass is 143 g/mol. The second-order valence-corrected chi connectivity index (χ2v) is 2.96. The molecule has 0 spiro atoms. The van der Waals surface area contributed by atoms with Gasteiger partial charge >= 0.3 is 6.03 Å². The minimum Gasteiger partial charge on any atom is -0.296 e. The maximum atomic E-state index is 11.2. The first-order valence-electron chi connectivity index (χ1n) is 3.79. The molecule has 3 nitrogen and oxygen atoms in total. The van der Waals surface area contributed by atoms with Gasteiger partial charge in [-0.3, -0.25) is 9.80 Å². The second-order valence-electron chi connectivity index (χ2n) is 2.96. The predicted molar refractivity (Wildman–Crippen MR) is 39.0 cm³/mol. The molecule has 3 heteroatoms. The van der Waals surface area contributed by atoms with E-state index in [1.165, 1.54) is 6.42 Å². The molecule has 0 radical (unpaired) electrons. The zero-order chi connectivity index (χ0) is 7.56. The van der Waals surface area contributed by atoms with Crippen molar-refractivity contribution in [3.63, 3.8) is 0 Å². The molecule has 0 aliphatic carbocycles. The standard InChI is InChI=1S/C7H14N2O/c1-8-5-3-4-6-9(2)7(8)10/h3-6H2,1-2H3/p+1. The van der Waals surface area contributed by atoms with Crippen molar-refractivity contribution in [3.05, 3.63) is 0 Å². The lowest BCUT2D eigenvalue weighted by Crippen LogP contribution is -3.12. The fourth-order valence-electron chi connectivity index (χ4n) is 1.27. The SMILES string of the molecule is CN1CCCC[NH+](C)C1=O. The Morgan fingerprint density at radius 2 is 2.20 bits per heavy atom. The number of urea groups is 1. The highest BCUT2D eigenvalue weighted by molar-refractivity contribution is 5.64. The Morgan fingerprint density at radius 1 is 1.50 bits per heavy atom. The highest BCUT2D eigenvalue weighted by Crippen LogP contribution is 1.93. The van der Waals surface area contributed by atoms with E-state index in [9.17, 15) is 4.79 Å². The Bertz CT molecular complexity index is 122. The lowest BCUT2D eigenvalue weighted by atomic mass is 10.3. The number of hydrogen-bond acceptors (Lipinski definition) is 1. The maximum absolute atomic E-state index is 11.2. The summed E-state index contributed by atoms with van der Waals surface area (Å²) < 4.78 is 0. The van der Waals surface area contributed by atoms with E-state index in [0.717, 1.165) is 24.4 Å². The molecule has 10 heavy (non-hydrogen) atoms. The summed E-state index contributed by atoms with van der Waals surface area (Å²) in [6.07, 6.45) is 2.32. The molecule has 1 aliphatic heterocycles. The van der Waals surface area contributed by atoms with E-state index in [2.05, 4.69) is 0 Å². The summed E-state index contributed by atoms with van der Waals surface area (Å²) in [5.41, 5.74) is 0. The summed E-state index contributed by atoms with van der Waals surface area (Å²) >= 11 is 0. The van der Waals surface area contributed by atoms with Crippen molar-refractivity contribution in [1.82, 2.24) is 4.90 Å². The molecule has 1 aliphatic rings. The lowest BCUT2D eigenvalue weighted by molar-refractivity contribution is -0.795. The first kappa shape index (κ1) is 7.54. The number of hydrogen-bond donors (Lipinski definition) is 1. The Kier molecular flexibility index (Phi) is 2.27. The molecular formula is C7H15N2O+. The van der Waals surface area contributed by atoms with E-state index in [0.29, 0.717) is 0 Å². The molecule has 1 saturated heterocycles. The van der Waals surface area contributed by atoms with E-state index in [1.807, 2.05) is 19.0 Å². The third kappa shape index (κ3) is 1.48. The van der Waals surface area contributed by atoms with Crippen molar-refractivity contribution in [2.75, 3.05) is 27.2 Å². The highest BCUT2D eigenvalue weighted by Gasteiger charge is 2.21. The molecule has 0 aromatic rings. The maximum Gasteiger partial charge on any atom is 0.417 e. The number of rotatable bonds is 0. The van der Waals surface area contributed by atoms with Gasteiger partial charge in [0.1, 0.15) is 0 Å². The van der Waals surface area contributed by atoms with Crippen LogP contribution in [0.1, 0.15) is 12.8 Å². The molecule has 0 aromatic carbocycles. The van der Waals surface area contributed by atoms with Crippen LogP contribution in [0.3, 0.4) is 0 Å². The first-order valence-corrected chi connectivity index (χ1v) is 3.79. The van der Waals surface area contributed by atoms with Crippen LogP contribution in [0.2, 0.25) is 0 Å². The average molecular weight is 143 g/mol. The zero-order valence-corrected chi connectivity index (χ0v) is 6.68. The first-order chi connectivity index (χ1) is 4.72. The molecule has 1 N–H and O–H groups in total. The van der Waals surface area contributed by atoms with Gasteiger partial charge in [-0.05, 0) is 12.8 Å². The van der Waals surface area contributed by atoms with Crippen LogP contribution in [0.4, 0.5) is 4.79 Å². The number of carbonyl (C=O) groups is 1. The molecule has 0 aromatic heterocycles. The molecule has 1 unspecified atom stereocenters. The molecule has 0 saturated carbocycles. The number of carbonyl (C=O) groups excluding carboxylic acids is 1. The van der Waals surface area contributed by atoms with E-state index >= 15 is 0 Å². The van der Waals surface area contributed by atoms with Crippen molar-refractivity contribution >= 4 is 6.03 Å². The topological polar surface area (TPSA) is 24.8 Å². The largest absolute Gasteiger partial charge is 0.417 e. The van der Waals surface area contributed by atoms with Gasteiger partial charge in [-0.1, -0.05) is 0 Å². The smallest absolute Gasteiger partial charge is 0.296 e. The van der Waals surface area contributed by atoms with Gasteiger partial charge in [0.15, 0.2) is 0 Å². The summed E-state index contributed by atoms with van der Waals surface area (Å²) in [4.78, 5) is 14.1. The molecule has 1 heterocycles. The molecule has 1 atom stereocenters. The third-order valence-electron chi connectivity index (χ3n) is 2.01. The van der Waals surface area contributed by atoms with E-state index in [-0.39, 0.29) is 6.03 Å². The average Bonchev–Trinajstić information content (AvgIpc) is 2.04. The van der Waals surface area contributed by atoms with Crippen LogP contribution in [0.15, 0.2) is 0 Å². The Morgan fingerprint density at radius 3 is 2.90 bits per heavy atom. The fourth-order valence-corrected chi connectivity index (χ4v) is 1.27. The summed E-state index contributed by atoms with van der Waals surface area (Å²) in [5.74, 6) is 0. The van der Waals surface area contributed by atoms with Gasteiger partial charge < -0.3 is 0 Å².